The van der Waals surface area contributed by atoms with Gasteiger partial charge in [-0.2, -0.15) is 0 Å². The molecule has 0 aromatic rings. The quantitative estimate of drug-likeness (QED) is 0.460. The third-order valence-electron chi connectivity index (χ3n) is 3.28. The summed E-state index contributed by atoms with van der Waals surface area (Å²) in [4.78, 5) is 46.5. The molecule has 3 unspecified atom stereocenters. The monoisotopic (exact) mass is 301 g/mol. The number of likely N-dealkylation sites (tertiary alicyclic amines) is 1. The van der Waals surface area contributed by atoms with Crippen LogP contribution in [0.5, 0.6) is 0 Å². The molecule has 0 spiro atoms. The minimum atomic E-state index is -1.26. The number of carbonyl (C=O) groups excluding carboxylic acids is 2. The van der Waals surface area contributed by atoms with E-state index in [9.17, 15) is 19.2 Å². The van der Waals surface area contributed by atoms with Crippen molar-refractivity contribution in [2.75, 3.05) is 6.54 Å². The summed E-state index contributed by atoms with van der Waals surface area (Å²) in [6, 6.07) is -3.10. The molecule has 118 valence electrons. The van der Waals surface area contributed by atoms with Crippen molar-refractivity contribution in [3.8, 4) is 0 Å². The first-order valence-corrected chi connectivity index (χ1v) is 6.55. The number of hydrogen-bond donors (Lipinski definition) is 4. The summed E-state index contributed by atoms with van der Waals surface area (Å²) in [6.45, 7) is 1.72. The molecule has 1 rings (SSSR count). The Morgan fingerprint density at radius 3 is 2.48 bits per heavy atom. The van der Waals surface area contributed by atoms with Crippen LogP contribution < -0.4 is 11.1 Å². The van der Waals surface area contributed by atoms with Gasteiger partial charge in [-0.3, -0.25) is 14.4 Å². The fraction of sp³-hybridized carbons (Fsp3) is 0.667. The van der Waals surface area contributed by atoms with E-state index in [1.165, 1.54) is 11.8 Å². The molecule has 1 saturated heterocycles. The number of amides is 2. The van der Waals surface area contributed by atoms with E-state index in [4.69, 9.17) is 15.9 Å². The van der Waals surface area contributed by atoms with Crippen molar-refractivity contribution in [3.05, 3.63) is 0 Å². The van der Waals surface area contributed by atoms with Crippen molar-refractivity contribution in [1.82, 2.24) is 10.2 Å². The summed E-state index contributed by atoms with van der Waals surface area (Å²) in [5.41, 5.74) is 5.38. The van der Waals surface area contributed by atoms with Gasteiger partial charge in [-0.1, -0.05) is 0 Å². The molecule has 1 aliphatic rings. The van der Waals surface area contributed by atoms with Gasteiger partial charge in [-0.05, 0) is 19.8 Å². The van der Waals surface area contributed by atoms with E-state index < -0.39 is 48.3 Å². The van der Waals surface area contributed by atoms with Crippen LogP contribution in [0.1, 0.15) is 26.2 Å². The van der Waals surface area contributed by atoms with Crippen LogP contribution in [-0.2, 0) is 19.2 Å². The fourth-order valence-corrected chi connectivity index (χ4v) is 2.20. The molecule has 1 heterocycles. The highest BCUT2D eigenvalue weighted by molar-refractivity contribution is 5.92. The number of rotatable bonds is 6. The first kappa shape index (κ1) is 16.9. The van der Waals surface area contributed by atoms with Gasteiger partial charge >= 0.3 is 11.9 Å². The zero-order valence-corrected chi connectivity index (χ0v) is 11.6. The van der Waals surface area contributed by atoms with Gasteiger partial charge in [0.25, 0.3) is 0 Å². The van der Waals surface area contributed by atoms with E-state index in [0.29, 0.717) is 19.4 Å². The van der Waals surface area contributed by atoms with Crippen molar-refractivity contribution >= 4 is 23.8 Å². The van der Waals surface area contributed by atoms with Gasteiger partial charge in [-0.15, -0.1) is 0 Å². The van der Waals surface area contributed by atoms with Crippen LogP contribution in [0, 0.1) is 0 Å². The zero-order valence-electron chi connectivity index (χ0n) is 11.6. The molecule has 0 aliphatic carbocycles. The Labute approximate surface area is 121 Å². The lowest BCUT2D eigenvalue weighted by Gasteiger charge is -2.25. The van der Waals surface area contributed by atoms with E-state index in [-0.39, 0.29) is 0 Å². The molecule has 1 fully saturated rings. The summed E-state index contributed by atoms with van der Waals surface area (Å²) in [5.74, 6) is -3.58. The topological polar surface area (TPSA) is 150 Å². The maximum Gasteiger partial charge on any atom is 0.326 e. The number of hydrogen-bond acceptors (Lipinski definition) is 5. The molecule has 21 heavy (non-hydrogen) atoms. The number of aliphatic carboxylic acids is 2. The minimum absolute atomic E-state index is 0.317. The molecular weight excluding hydrogens is 282 g/mol. The van der Waals surface area contributed by atoms with Gasteiger partial charge in [-0.25, -0.2) is 4.79 Å². The van der Waals surface area contributed by atoms with Crippen molar-refractivity contribution in [1.29, 1.82) is 0 Å². The Morgan fingerprint density at radius 1 is 1.33 bits per heavy atom. The predicted molar refractivity (Wildman–Crippen MR) is 70.2 cm³/mol. The molecule has 0 aromatic heterocycles. The first-order chi connectivity index (χ1) is 9.73. The lowest BCUT2D eigenvalue weighted by Crippen LogP contribution is -2.53. The maximum absolute atomic E-state index is 12.1. The van der Waals surface area contributed by atoms with Gasteiger partial charge in [0.05, 0.1) is 12.5 Å². The second-order valence-corrected chi connectivity index (χ2v) is 4.96. The molecule has 9 nitrogen and oxygen atoms in total. The fourth-order valence-electron chi connectivity index (χ4n) is 2.20. The summed E-state index contributed by atoms with van der Waals surface area (Å²) in [6.07, 6.45) is 0.413. The molecule has 9 heteroatoms. The number of carbonyl (C=O) groups is 4. The lowest BCUT2D eigenvalue weighted by molar-refractivity contribution is -0.149. The van der Waals surface area contributed by atoms with Gasteiger partial charge < -0.3 is 26.2 Å². The molecule has 0 bridgehead atoms. The molecule has 2 amide bonds. The van der Waals surface area contributed by atoms with Crippen LogP contribution in [0.15, 0.2) is 0 Å². The highest BCUT2D eigenvalue weighted by Crippen LogP contribution is 2.18. The lowest BCUT2D eigenvalue weighted by atomic mass is 10.1. The molecule has 0 radical (unpaired) electrons. The smallest absolute Gasteiger partial charge is 0.326 e. The summed E-state index contributed by atoms with van der Waals surface area (Å²) in [7, 11) is 0. The van der Waals surface area contributed by atoms with E-state index >= 15 is 0 Å². The van der Waals surface area contributed by atoms with Gasteiger partial charge in [0, 0.05) is 6.54 Å². The summed E-state index contributed by atoms with van der Waals surface area (Å²) >= 11 is 0. The minimum Gasteiger partial charge on any atom is -0.481 e. The first-order valence-electron chi connectivity index (χ1n) is 6.55. The summed E-state index contributed by atoms with van der Waals surface area (Å²) in [5, 5.41) is 19.9. The Hall–Kier alpha value is -2.16. The summed E-state index contributed by atoms with van der Waals surface area (Å²) < 4.78 is 0. The SMILES string of the molecule is CC(NC(=O)C(N)CC(=O)O)C(=O)N1CCCC1C(=O)O. The normalized spacial score (nSPS) is 20.7. The van der Waals surface area contributed by atoms with Crippen LogP contribution in [0.25, 0.3) is 0 Å². The Bertz CT molecular complexity index is 452. The zero-order chi connectivity index (χ0) is 16.2. The molecule has 3 atom stereocenters. The Morgan fingerprint density at radius 2 is 1.95 bits per heavy atom. The van der Waals surface area contributed by atoms with Crippen LogP contribution in [0.2, 0.25) is 0 Å². The molecule has 5 N–H and O–H groups in total. The van der Waals surface area contributed by atoms with E-state index in [1.54, 1.807) is 0 Å². The van der Waals surface area contributed by atoms with Crippen LogP contribution in [0.4, 0.5) is 0 Å². The maximum atomic E-state index is 12.1. The van der Waals surface area contributed by atoms with Crippen molar-refractivity contribution in [3.63, 3.8) is 0 Å². The Balaban J connectivity index is 2.60. The third-order valence-corrected chi connectivity index (χ3v) is 3.28. The van der Waals surface area contributed by atoms with Crippen molar-refractivity contribution in [2.45, 2.75) is 44.3 Å². The largest absolute Gasteiger partial charge is 0.481 e. The predicted octanol–water partition coefficient (Wildman–Crippen LogP) is -1.63. The standard InChI is InChI=1S/C12H19N3O6/c1-6(14-10(18)7(13)5-9(16)17)11(19)15-4-2-3-8(15)12(20)21/h6-8H,2-5,13H2,1H3,(H,14,18)(H,16,17)(H,20,21). The van der Waals surface area contributed by atoms with Gasteiger partial charge in [0.1, 0.15) is 12.1 Å². The number of carboxylic acids is 2. The highest BCUT2D eigenvalue weighted by Gasteiger charge is 2.36. The number of nitrogens with zero attached hydrogens (tertiary/aromatic N) is 1. The second kappa shape index (κ2) is 7.02. The van der Waals surface area contributed by atoms with Crippen LogP contribution >= 0.6 is 0 Å². The van der Waals surface area contributed by atoms with E-state index in [0.717, 1.165) is 0 Å². The van der Waals surface area contributed by atoms with Crippen molar-refractivity contribution in [2.24, 2.45) is 5.73 Å². The third kappa shape index (κ3) is 4.42. The highest BCUT2D eigenvalue weighted by atomic mass is 16.4. The molecule has 0 aromatic carbocycles. The van der Waals surface area contributed by atoms with Gasteiger partial charge in [0.15, 0.2) is 0 Å². The second-order valence-electron chi connectivity index (χ2n) is 4.96. The molecular formula is C12H19N3O6. The van der Waals surface area contributed by atoms with Gasteiger partial charge in [0.2, 0.25) is 11.8 Å². The Kier molecular flexibility index (Phi) is 5.65. The average Bonchev–Trinajstić information content (AvgIpc) is 2.85. The number of nitrogens with one attached hydrogen (secondary N) is 1. The van der Waals surface area contributed by atoms with E-state index in [2.05, 4.69) is 5.32 Å². The number of carboxylic acid groups (broad SMARTS) is 2. The average molecular weight is 301 g/mol. The molecule has 1 aliphatic heterocycles. The van der Waals surface area contributed by atoms with Crippen LogP contribution in [0.3, 0.4) is 0 Å². The van der Waals surface area contributed by atoms with Crippen LogP contribution in [-0.4, -0.2) is 63.5 Å². The number of nitrogens with two attached hydrogens (primary N) is 1. The van der Waals surface area contributed by atoms with E-state index in [1.807, 2.05) is 0 Å². The molecule has 0 saturated carbocycles. The van der Waals surface area contributed by atoms with Crippen molar-refractivity contribution < 1.29 is 29.4 Å².